The highest BCUT2D eigenvalue weighted by Gasteiger charge is 2.47. The van der Waals surface area contributed by atoms with Crippen LogP contribution in [0.3, 0.4) is 0 Å². The van der Waals surface area contributed by atoms with Gasteiger partial charge in [-0.15, -0.1) is 0 Å². The molecule has 1 atom stereocenters. The predicted octanol–water partition coefficient (Wildman–Crippen LogP) is 9.60. The number of benzene rings is 6. The van der Waals surface area contributed by atoms with Gasteiger partial charge < -0.3 is 14.0 Å². The maximum Gasteiger partial charge on any atom is 0.185 e. The molecule has 3 heterocycles. The van der Waals surface area contributed by atoms with Crippen LogP contribution in [0.4, 0.5) is 0 Å². The second-order valence-electron chi connectivity index (χ2n) is 11.5. The second kappa shape index (κ2) is 10.4. The van der Waals surface area contributed by atoms with Crippen molar-refractivity contribution >= 4 is 23.1 Å². The highest BCUT2D eigenvalue weighted by molar-refractivity contribution is 7.86. The van der Waals surface area contributed by atoms with Crippen molar-refractivity contribution in [2.45, 2.75) is 0 Å². The number of ether oxygens (including phenoxy) is 2. The lowest BCUT2D eigenvalue weighted by atomic mass is 10.0. The molecule has 218 valence electrons. The van der Waals surface area contributed by atoms with Crippen LogP contribution in [0, 0.1) is 0 Å². The van der Waals surface area contributed by atoms with Crippen LogP contribution in [0.15, 0.2) is 158 Å². The fraction of sp³-hybridized carbons (Fsp3) is 0. The first-order valence-electron chi connectivity index (χ1n) is 15.2. The average Bonchev–Trinajstić information content (AvgIpc) is 3.12. The highest BCUT2D eigenvalue weighted by atomic mass is 31.2. The molecule has 1 aromatic heterocycles. The smallest absolute Gasteiger partial charge is 0.185 e. The number of hydrogen-bond acceptors (Lipinski definition) is 4. The van der Waals surface area contributed by atoms with Gasteiger partial charge in [0.2, 0.25) is 0 Å². The highest BCUT2D eigenvalue weighted by Crippen LogP contribution is 2.60. The molecule has 0 saturated carbocycles. The van der Waals surface area contributed by atoms with Gasteiger partial charge in [-0.25, -0.2) is 0 Å². The lowest BCUT2D eigenvalue weighted by Gasteiger charge is -2.35. The summed E-state index contributed by atoms with van der Waals surface area (Å²) in [6.07, 6.45) is 1.80. The van der Waals surface area contributed by atoms with E-state index in [0.29, 0.717) is 38.9 Å². The van der Waals surface area contributed by atoms with E-state index in [1.54, 1.807) is 6.20 Å². The van der Waals surface area contributed by atoms with Gasteiger partial charge in [-0.1, -0.05) is 103 Å². The molecule has 7 aromatic rings. The summed E-state index contributed by atoms with van der Waals surface area (Å²) in [7, 11) is -3.40. The minimum absolute atomic E-state index is 0.558. The molecule has 6 aromatic carbocycles. The van der Waals surface area contributed by atoms with E-state index >= 15 is 4.57 Å². The lowest BCUT2D eigenvalue weighted by Crippen LogP contribution is -2.35. The minimum Gasteiger partial charge on any atom is -0.456 e. The molecule has 46 heavy (non-hydrogen) atoms. The molecule has 5 heteroatoms. The Bertz CT molecular complexity index is 2300. The van der Waals surface area contributed by atoms with E-state index in [2.05, 4.69) is 53.5 Å². The largest absolute Gasteiger partial charge is 0.456 e. The molecule has 0 aliphatic carbocycles. The minimum atomic E-state index is -3.40. The van der Waals surface area contributed by atoms with E-state index in [1.165, 1.54) is 0 Å². The van der Waals surface area contributed by atoms with Gasteiger partial charge in [-0.2, -0.15) is 0 Å². The molecule has 9 rings (SSSR count). The van der Waals surface area contributed by atoms with E-state index in [0.717, 1.165) is 44.6 Å². The summed E-state index contributed by atoms with van der Waals surface area (Å²) in [6.45, 7) is 0. The van der Waals surface area contributed by atoms with Gasteiger partial charge in [0.1, 0.15) is 28.3 Å². The number of nitrogens with zero attached hydrogens (tertiary/aromatic N) is 1. The Hall–Kier alpha value is -5.70. The topological polar surface area (TPSA) is 48.4 Å². The maximum atomic E-state index is 15.9. The summed E-state index contributed by atoms with van der Waals surface area (Å²) >= 11 is 0. The van der Waals surface area contributed by atoms with E-state index in [-0.39, 0.29) is 0 Å². The van der Waals surface area contributed by atoms with E-state index in [4.69, 9.17) is 9.47 Å². The van der Waals surface area contributed by atoms with Crippen molar-refractivity contribution in [3.05, 3.63) is 158 Å². The molecule has 0 bridgehead atoms. The molecule has 2 aliphatic rings. The van der Waals surface area contributed by atoms with Crippen LogP contribution in [-0.4, -0.2) is 4.98 Å². The van der Waals surface area contributed by atoms with Crippen molar-refractivity contribution < 1.29 is 14.0 Å². The molecule has 0 fully saturated rings. The molecule has 0 N–H and O–H groups in total. The molecule has 0 spiro atoms. The van der Waals surface area contributed by atoms with Crippen molar-refractivity contribution in [3.8, 4) is 67.6 Å². The Balaban J connectivity index is 1.24. The van der Waals surface area contributed by atoms with Crippen LogP contribution < -0.4 is 25.4 Å². The van der Waals surface area contributed by atoms with Crippen molar-refractivity contribution in [3.63, 3.8) is 0 Å². The standard InChI is InChI=1S/C41H26NO3P/c43-46-38-22-18-31(27-9-3-1-4-10-27)25-36(38)44-35-21-20-33(29-14-16-30(17-15-29)34-13-7-8-24-42-34)40(41(35)46)45-37-26-32(19-23-39(37)46)28-11-5-2-6-12-28/h1-26H. The average molecular weight is 612 g/mol. The fourth-order valence-electron chi connectivity index (χ4n) is 6.55. The Morgan fingerprint density at radius 3 is 1.63 bits per heavy atom. The molecule has 0 amide bonds. The molecule has 4 nitrogen and oxygen atoms in total. The number of pyridine rings is 1. The van der Waals surface area contributed by atoms with E-state index in [9.17, 15) is 0 Å². The molecule has 2 aliphatic heterocycles. The predicted molar refractivity (Wildman–Crippen MR) is 186 cm³/mol. The van der Waals surface area contributed by atoms with Crippen molar-refractivity contribution in [1.82, 2.24) is 4.98 Å². The van der Waals surface area contributed by atoms with Gasteiger partial charge in [-0.3, -0.25) is 4.98 Å². The lowest BCUT2D eigenvalue weighted by molar-refractivity contribution is 0.463. The Morgan fingerprint density at radius 1 is 0.457 bits per heavy atom. The second-order valence-corrected chi connectivity index (χ2v) is 14.1. The summed E-state index contributed by atoms with van der Waals surface area (Å²) in [4.78, 5) is 4.50. The summed E-state index contributed by atoms with van der Waals surface area (Å²) in [5.41, 5.74) is 7.88. The van der Waals surface area contributed by atoms with Crippen molar-refractivity contribution in [2.24, 2.45) is 0 Å². The van der Waals surface area contributed by atoms with Gasteiger partial charge in [0.25, 0.3) is 0 Å². The van der Waals surface area contributed by atoms with Crippen molar-refractivity contribution in [2.75, 3.05) is 0 Å². The van der Waals surface area contributed by atoms with Gasteiger partial charge in [0, 0.05) is 17.3 Å². The Labute approximate surface area is 266 Å². The Kier molecular flexibility index (Phi) is 6.06. The van der Waals surface area contributed by atoms with Crippen LogP contribution in [0.2, 0.25) is 0 Å². The van der Waals surface area contributed by atoms with Crippen molar-refractivity contribution in [1.29, 1.82) is 0 Å². The molecule has 1 unspecified atom stereocenters. The number of hydrogen-bond donors (Lipinski definition) is 0. The van der Waals surface area contributed by atoms with E-state index in [1.807, 2.05) is 103 Å². The first kappa shape index (κ1) is 26.7. The summed E-state index contributed by atoms with van der Waals surface area (Å²) in [5, 5.41) is 1.97. The molecular weight excluding hydrogens is 585 g/mol. The summed E-state index contributed by atoms with van der Waals surface area (Å²) in [6, 6.07) is 50.5. The molecule has 0 radical (unpaired) electrons. The van der Waals surface area contributed by atoms with Crippen LogP contribution in [-0.2, 0) is 4.57 Å². The van der Waals surface area contributed by atoms with Gasteiger partial charge >= 0.3 is 0 Å². The third kappa shape index (κ3) is 4.15. The Morgan fingerprint density at radius 2 is 1.02 bits per heavy atom. The van der Waals surface area contributed by atoms with Crippen LogP contribution in [0.5, 0.6) is 23.0 Å². The van der Waals surface area contributed by atoms with Crippen LogP contribution in [0.25, 0.3) is 44.6 Å². The zero-order valence-electron chi connectivity index (χ0n) is 24.6. The summed E-state index contributed by atoms with van der Waals surface area (Å²) in [5.74, 6) is 2.33. The molecule has 0 saturated heterocycles. The summed E-state index contributed by atoms with van der Waals surface area (Å²) < 4.78 is 29.3. The van der Waals surface area contributed by atoms with Crippen LogP contribution >= 0.6 is 7.14 Å². The first-order chi connectivity index (χ1) is 22.7. The third-order valence-electron chi connectivity index (χ3n) is 8.81. The fourth-order valence-corrected chi connectivity index (χ4v) is 9.58. The zero-order valence-corrected chi connectivity index (χ0v) is 25.5. The number of aromatic nitrogens is 1. The number of fused-ring (bicyclic) bond motifs is 4. The first-order valence-corrected chi connectivity index (χ1v) is 16.9. The monoisotopic (exact) mass is 611 g/mol. The van der Waals surface area contributed by atoms with Gasteiger partial charge in [0.15, 0.2) is 7.14 Å². The SMILES string of the molecule is O=P12c3ccc(-c4ccccc4)cc3Oc3ccc(-c4ccc(-c5ccccn5)cc4)c(c31)Oc1cc(-c3ccccc3)ccc12. The van der Waals surface area contributed by atoms with Gasteiger partial charge in [-0.05, 0) is 76.3 Å². The quantitative estimate of drug-likeness (QED) is 0.186. The van der Waals surface area contributed by atoms with E-state index < -0.39 is 7.14 Å². The third-order valence-corrected chi connectivity index (χ3v) is 12.0. The van der Waals surface area contributed by atoms with Crippen LogP contribution in [0.1, 0.15) is 0 Å². The number of rotatable bonds is 4. The van der Waals surface area contributed by atoms with Gasteiger partial charge in [0.05, 0.1) is 16.3 Å². The maximum absolute atomic E-state index is 15.9. The normalized spacial score (nSPS) is 15.5. The molecular formula is C41H26NO3P. The zero-order chi connectivity index (χ0) is 30.7.